The van der Waals surface area contributed by atoms with Crippen molar-refractivity contribution in [2.75, 3.05) is 0 Å². The third-order valence-electron chi connectivity index (χ3n) is 2.75. The average Bonchev–Trinajstić information content (AvgIpc) is 2.38. The van der Waals surface area contributed by atoms with Crippen LogP contribution in [0.1, 0.15) is 24.5 Å². The summed E-state index contributed by atoms with van der Waals surface area (Å²) in [5, 5.41) is 0. The van der Waals surface area contributed by atoms with Gasteiger partial charge >= 0.3 is 0 Å². The summed E-state index contributed by atoms with van der Waals surface area (Å²) in [4.78, 5) is 0. The summed E-state index contributed by atoms with van der Waals surface area (Å²) in [6.45, 7) is 4.20. The lowest BCUT2D eigenvalue weighted by Gasteiger charge is -2.05. The molecule has 2 aromatic rings. The van der Waals surface area contributed by atoms with Crippen molar-refractivity contribution in [3.8, 4) is 23.0 Å². The first-order valence-electron chi connectivity index (χ1n) is 5.96. The minimum absolute atomic E-state index is 0.902. The van der Waals surface area contributed by atoms with Crippen LogP contribution in [0.5, 0.6) is 0 Å². The maximum atomic E-state index is 3.14. The van der Waals surface area contributed by atoms with Gasteiger partial charge in [0.2, 0.25) is 0 Å². The molecule has 0 aliphatic rings. The molecule has 0 unspecified atom stereocenters. The molecule has 0 atom stereocenters. The van der Waals surface area contributed by atoms with Crippen molar-refractivity contribution in [2.24, 2.45) is 0 Å². The molecule has 0 aliphatic carbocycles. The molecule has 0 fully saturated rings. The Labute approximate surface area is 103 Å². The monoisotopic (exact) mass is 220 g/mol. The molecular weight excluding hydrogens is 204 g/mol. The Hall–Kier alpha value is -2.00. The van der Waals surface area contributed by atoms with Crippen LogP contribution in [0.3, 0.4) is 0 Å². The molecule has 17 heavy (non-hydrogen) atoms. The van der Waals surface area contributed by atoms with Gasteiger partial charge in [-0.3, -0.25) is 0 Å². The standard InChI is InChI=1S/C17H16/c1-3-4-8-15-10-12-16(13-11-15)17-9-6-5-7-14(17)2/h5-7,9-13H,3H2,1-2H3. The van der Waals surface area contributed by atoms with Crippen LogP contribution in [0.25, 0.3) is 11.1 Å². The van der Waals surface area contributed by atoms with Crippen LogP contribution in [0.15, 0.2) is 48.5 Å². The van der Waals surface area contributed by atoms with Gasteiger partial charge in [0.1, 0.15) is 0 Å². The molecule has 0 N–H and O–H groups in total. The highest BCUT2D eigenvalue weighted by atomic mass is 14.0. The number of aryl methyl sites for hydroxylation is 1. The number of hydrogen-bond donors (Lipinski definition) is 0. The Morgan fingerprint density at radius 3 is 2.29 bits per heavy atom. The quantitative estimate of drug-likeness (QED) is 0.624. The molecule has 0 nitrogen and oxygen atoms in total. The van der Waals surface area contributed by atoms with Gasteiger partial charge in [0, 0.05) is 12.0 Å². The SMILES string of the molecule is CCC#Cc1ccc(-c2ccccc2C)cc1. The number of benzene rings is 2. The van der Waals surface area contributed by atoms with E-state index in [1.165, 1.54) is 16.7 Å². The van der Waals surface area contributed by atoms with E-state index in [1.54, 1.807) is 0 Å². The van der Waals surface area contributed by atoms with Crippen LogP contribution in [-0.2, 0) is 0 Å². The largest absolute Gasteiger partial charge is 0.0982 e. The number of hydrogen-bond acceptors (Lipinski definition) is 0. The summed E-state index contributed by atoms with van der Waals surface area (Å²) < 4.78 is 0. The van der Waals surface area contributed by atoms with E-state index in [-0.39, 0.29) is 0 Å². The lowest BCUT2D eigenvalue weighted by Crippen LogP contribution is -1.82. The first-order valence-corrected chi connectivity index (χ1v) is 5.96. The fraction of sp³-hybridized carbons (Fsp3) is 0.176. The highest BCUT2D eigenvalue weighted by Crippen LogP contribution is 2.22. The van der Waals surface area contributed by atoms with Gasteiger partial charge in [-0.25, -0.2) is 0 Å². The summed E-state index contributed by atoms with van der Waals surface area (Å²) in [7, 11) is 0. The van der Waals surface area contributed by atoms with E-state index in [1.807, 2.05) is 0 Å². The van der Waals surface area contributed by atoms with Gasteiger partial charge in [-0.05, 0) is 35.7 Å². The minimum Gasteiger partial charge on any atom is -0.0982 e. The van der Waals surface area contributed by atoms with E-state index in [2.05, 4.69) is 74.2 Å². The van der Waals surface area contributed by atoms with Crippen LogP contribution < -0.4 is 0 Å². The van der Waals surface area contributed by atoms with Crippen LogP contribution >= 0.6 is 0 Å². The molecule has 0 aliphatic heterocycles. The van der Waals surface area contributed by atoms with Gasteiger partial charge < -0.3 is 0 Å². The summed E-state index contributed by atoms with van der Waals surface area (Å²) in [6.07, 6.45) is 0.902. The van der Waals surface area contributed by atoms with Gasteiger partial charge in [-0.2, -0.15) is 0 Å². The fourth-order valence-corrected chi connectivity index (χ4v) is 1.82. The second kappa shape index (κ2) is 5.37. The van der Waals surface area contributed by atoms with E-state index < -0.39 is 0 Å². The zero-order valence-corrected chi connectivity index (χ0v) is 10.3. The molecule has 0 amide bonds. The van der Waals surface area contributed by atoms with Gasteiger partial charge in [-0.1, -0.05) is 55.2 Å². The average molecular weight is 220 g/mol. The maximum absolute atomic E-state index is 3.14. The summed E-state index contributed by atoms with van der Waals surface area (Å²) in [5.74, 6) is 6.22. The van der Waals surface area contributed by atoms with Crippen molar-refractivity contribution in [3.05, 3.63) is 59.7 Å². The Balaban J connectivity index is 2.33. The molecule has 0 radical (unpaired) electrons. The van der Waals surface area contributed by atoms with Crippen LogP contribution in [0.2, 0.25) is 0 Å². The lowest BCUT2D eigenvalue weighted by atomic mass is 10.00. The Morgan fingerprint density at radius 2 is 1.65 bits per heavy atom. The Bertz CT molecular complexity index is 551. The van der Waals surface area contributed by atoms with Gasteiger partial charge in [-0.15, -0.1) is 0 Å². The third-order valence-corrected chi connectivity index (χ3v) is 2.75. The van der Waals surface area contributed by atoms with E-state index in [9.17, 15) is 0 Å². The molecule has 2 rings (SSSR count). The maximum Gasteiger partial charge on any atom is 0.0245 e. The lowest BCUT2D eigenvalue weighted by molar-refractivity contribution is 1.28. The molecule has 0 heteroatoms. The first kappa shape index (κ1) is 11.5. The second-order valence-electron chi connectivity index (χ2n) is 4.05. The first-order chi connectivity index (χ1) is 8.31. The van der Waals surface area contributed by atoms with Crippen LogP contribution in [-0.4, -0.2) is 0 Å². The van der Waals surface area contributed by atoms with E-state index in [0.717, 1.165) is 12.0 Å². The predicted octanol–water partition coefficient (Wildman–Crippen LogP) is 4.42. The molecule has 0 aromatic heterocycles. The minimum atomic E-state index is 0.902. The summed E-state index contributed by atoms with van der Waals surface area (Å²) >= 11 is 0. The molecule has 0 bridgehead atoms. The highest BCUT2D eigenvalue weighted by molar-refractivity contribution is 5.67. The number of rotatable bonds is 1. The summed E-state index contributed by atoms with van der Waals surface area (Å²) in [5.41, 5.74) is 4.94. The molecular formula is C17H16. The van der Waals surface area contributed by atoms with Crippen molar-refractivity contribution >= 4 is 0 Å². The van der Waals surface area contributed by atoms with Crippen molar-refractivity contribution in [1.29, 1.82) is 0 Å². The zero-order chi connectivity index (χ0) is 12.1. The van der Waals surface area contributed by atoms with E-state index in [4.69, 9.17) is 0 Å². The molecule has 0 saturated heterocycles. The molecule has 0 heterocycles. The fourth-order valence-electron chi connectivity index (χ4n) is 1.82. The predicted molar refractivity (Wildman–Crippen MR) is 73.8 cm³/mol. The van der Waals surface area contributed by atoms with Crippen molar-refractivity contribution in [2.45, 2.75) is 20.3 Å². The smallest absolute Gasteiger partial charge is 0.0245 e. The van der Waals surface area contributed by atoms with Crippen molar-refractivity contribution in [3.63, 3.8) is 0 Å². The van der Waals surface area contributed by atoms with Crippen molar-refractivity contribution < 1.29 is 0 Å². The van der Waals surface area contributed by atoms with E-state index in [0.29, 0.717) is 0 Å². The normalized spacial score (nSPS) is 9.53. The Morgan fingerprint density at radius 1 is 0.941 bits per heavy atom. The second-order valence-corrected chi connectivity index (χ2v) is 4.05. The Kier molecular flexibility index (Phi) is 3.62. The highest BCUT2D eigenvalue weighted by Gasteiger charge is 1.99. The van der Waals surface area contributed by atoms with Gasteiger partial charge in [0.15, 0.2) is 0 Å². The molecule has 0 saturated carbocycles. The van der Waals surface area contributed by atoms with E-state index >= 15 is 0 Å². The van der Waals surface area contributed by atoms with Crippen LogP contribution in [0.4, 0.5) is 0 Å². The van der Waals surface area contributed by atoms with Gasteiger partial charge in [0.05, 0.1) is 0 Å². The summed E-state index contributed by atoms with van der Waals surface area (Å²) in [6, 6.07) is 16.9. The zero-order valence-electron chi connectivity index (χ0n) is 10.3. The molecule has 0 spiro atoms. The third kappa shape index (κ3) is 2.77. The topological polar surface area (TPSA) is 0 Å². The van der Waals surface area contributed by atoms with Gasteiger partial charge in [0.25, 0.3) is 0 Å². The van der Waals surface area contributed by atoms with Crippen LogP contribution in [0, 0.1) is 18.8 Å². The molecule has 84 valence electrons. The van der Waals surface area contributed by atoms with Crippen molar-refractivity contribution in [1.82, 2.24) is 0 Å². The molecule has 2 aromatic carbocycles.